The van der Waals surface area contributed by atoms with E-state index < -0.39 is 0 Å². The molecule has 0 saturated carbocycles. The summed E-state index contributed by atoms with van der Waals surface area (Å²) >= 11 is 0. The third kappa shape index (κ3) is 4.06. The first kappa shape index (κ1) is 15.7. The second-order valence-electron chi connectivity index (χ2n) is 4.64. The van der Waals surface area contributed by atoms with Crippen LogP contribution < -0.4 is 10.2 Å². The largest absolute Gasteiger partial charge is 0.383 e. The monoisotopic (exact) mass is 266 g/mol. The lowest BCUT2D eigenvalue weighted by Gasteiger charge is -2.31. The zero-order chi connectivity index (χ0) is 14.3. The Hall–Kier alpha value is -1.36. The molecule has 1 N–H and O–H groups in total. The average Bonchev–Trinajstić information content (AvgIpc) is 2.42. The molecule has 5 heteroatoms. The van der Waals surface area contributed by atoms with E-state index in [9.17, 15) is 0 Å². The summed E-state index contributed by atoms with van der Waals surface area (Å²) in [6, 6.07) is 0.429. The number of anilines is 2. The second-order valence-corrected chi connectivity index (χ2v) is 4.64. The van der Waals surface area contributed by atoms with Crippen molar-refractivity contribution in [1.29, 1.82) is 0 Å². The predicted octanol–water partition coefficient (Wildman–Crippen LogP) is 2.47. The second kappa shape index (κ2) is 7.94. The number of nitrogens with one attached hydrogen (secondary N) is 1. The van der Waals surface area contributed by atoms with Crippen LogP contribution in [0, 0.1) is 6.92 Å². The topological polar surface area (TPSA) is 50.3 Å². The van der Waals surface area contributed by atoms with Crippen LogP contribution in [0.3, 0.4) is 0 Å². The molecule has 108 valence electrons. The number of rotatable bonds is 8. The number of ether oxygens (including phenoxy) is 1. The average molecular weight is 266 g/mol. The van der Waals surface area contributed by atoms with E-state index in [1.165, 1.54) is 0 Å². The lowest BCUT2D eigenvalue weighted by molar-refractivity contribution is 0.203. The van der Waals surface area contributed by atoms with Gasteiger partial charge in [0.25, 0.3) is 0 Å². The van der Waals surface area contributed by atoms with Crippen molar-refractivity contribution in [3.05, 3.63) is 11.9 Å². The molecule has 5 nitrogen and oxygen atoms in total. The van der Waals surface area contributed by atoms with Crippen molar-refractivity contribution in [2.24, 2.45) is 0 Å². The predicted molar refractivity (Wildman–Crippen MR) is 79.9 cm³/mol. The molecule has 1 rings (SSSR count). The van der Waals surface area contributed by atoms with Gasteiger partial charge in [-0.15, -0.1) is 0 Å². The maximum absolute atomic E-state index is 5.21. The third-order valence-electron chi connectivity index (χ3n) is 3.33. The summed E-state index contributed by atoms with van der Waals surface area (Å²) in [5.41, 5.74) is 1.10. The molecule has 1 unspecified atom stereocenters. The Morgan fingerprint density at radius 1 is 1.37 bits per heavy atom. The lowest BCUT2D eigenvalue weighted by Crippen LogP contribution is -2.36. The molecule has 19 heavy (non-hydrogen) atoms. The minimum absolute atomic E-state index is 0.429. The van der Waals surface area contributed by atoms with Gasteiger partial charge in [0, 0.05) is 31.8 Å². The maximum atomic E-state index is 5.21. The van der Waals surface area contributed by atoms with Crippen LogP contribution in [0.5, 0.6) is 0 Å². The summed E-state index contributed by atoms with van der Waals surface area (Å²) in [5, 5.41) is 3.28. The van der Waals surface area contributed by atoms with Crippen molar-refractivity contribution in [1.82, 2.24) is 9.97 Å². The van der Waals surface area contributed by atoms with Gasteiger partial charge in [-0.2, -0.15) is 0 Å². The molecule has 0 aliphatic carbocycles. The van der Waals surface area contributed by atoms with Crippen molar-refractivity contribution < 1.29 is 4.74 Å². The van der Waals surface area contributed by atoms with E-state index in [2.05, 4.69) is 47.9 Å². The summed E-state index contributed by atoms with van der Waals surface area (Å²) in [4.78, 5) is 11.1. The zero-order valence-corrected chi connectivity index (χ0v) is 12.7. The molecular formula is C14H26N4O. The SMILES string of the molecule is CCNc1ncnc(N(CCOC)C(C)CC)c1C. The highest BCUT2D eigenvalue weighted by Crippen LogP contribution is 2.24. The number of aromatic nitrogens is 2. The molecule has 1 atom stereocenters. The zero-order valence-electron chi connectivity index (χ0n) is 12.7. The first-order valence-corrected chi connectivity index (χ1v) is 6.96. The summed E-state index contributed by atoms with van der Waals surface area (Å²) in [6.07, 6.45) is 2.70. The summed E-state index contributed by atoms with van der Waals surface area (Å²) < 4.78 is 5.21. The van der Waals surface area contributed by atoms with E-state index in [1.807, 2.05) is 0 Å². The Morgan fingerprint density at radius 2 is 2.11 bits per heavy atom. The standard InChI is InChI=1S/C14H26N4O/c1-6-11(3)18(8-9-19-5)14-12(4)13(15-7-2)16-10-17-14/h10-11H,6-9H2,1-5H3,(H,15,16,17). The summed E-state index contributed by atoms with van der Waals surface area (Å²) in [5.74, 6) is 1.91. The van der Waals surface area contributed by atoms with E-state index in [0.717, 1.165) is 36.7 Å². The van der Waals surface area contributed by atoms with E-state index in [1.54, 1.807) is 13.4 Å². The number of hydrogen-bond donors (Lipinski definition) is 1. The smallest absolute Gasteiger partial charge is 0.137 e. The van der Waals surface area contributed by atoms with Crippen molar-refractivity contribution in [2.45, 2.75) is 40.2 Å². The number of nitrogens with zero attached hydrogens (tertiary/aromatic N) is 3. The Labute approximate surface area is 116 Å². The van der Waals surface area contributed by atoms with Crippen LogP contribution in [0.25, 0.3) is 0 Å². The van der Waals surface area contributed by atoms with Gasteiger partial charge in [-0.1, -0.05) is 6.92 Å². The normalized spacial score (nSPS) is 12.3. The van der Waals surface area contributed by atoms with E-state index >= 15 is 0 Å². The van der Waals surface area contributed by atoms with Gasteiger partial charge in [-0.3, -0.25) is 0 Å². The van der Waals surface area contributed by atoms with Crippen LogP contribution in [0.4, 0.5) is 11.6 Å². The molecule has 0 aliphatic heterocycles. The summed E-state index contributed by atoms with van der Waals surface area (Å²) in [7, 11) is 1.73. The van der Waals surface area contributed by atoms with Crippen LogP contribution in [0.15, 0.2) is 6.33 Å². The van der Waals surface area contributed by atoms with Crippen LogP contribution in [0.1, 0.15) is 32.8 Å². The fourth-order valence-electron chi connectivity index (χ4n) is 2.02. The van der Waals surface area contributed by atoms with Crippen LogP contribution in [-0.2, 0) is 4.74 Å². The lowest BCUT2D eigenvalue weighted by atomic mass is 10.2. The van der Waals surface area contributed by atoms with Gasteiger partial charge in [0.1, 0.15) is 18.0 Å². The van der Waals surface area contributed by atoms with Gasteiger partial charge in [-0.05, 0) is 27.2 Å². The van der Waals surface area contributed by atoms with Crippen molar-refractivity contribution in [3.8, 4) is 0 Å². The molecular weight excluding hydrogens is 240 g/mol. The Kier molecular flexibility index (Phi) is 6.56. The van der Waals surface area contributed by atoms with Gasteiger partial charge in [0.15, 0.2) is 0 Å². The molecule has 0 bridgehead atoms. The molecule has 0 radical (unpaired) electrons. The highest BCUT2D eigenvalue weighted by molar-refractivity contribution is 5.58. The van der Waals surface area contributed by atoms with Gasteiger partial charge in [0.2, 0.25) is 0 Å². The fourth-order valence-corrected chi connectivity index (χ4v) is 2.02. The van der Waals surface area contributed by atoms with Crippen molar-refractivity contribution in [2.75, 3.05) is 37.0 Å². The highest BCUT2D eigenvalue weighted by Gasteiger charge is 2.18. The Balaban J connectivity index is 3.03. The first-order valence-electron chi connectivity index (χ1n) is 6.96. The molecule has 0 spiro atoms. The third-order valence-corrected chi connectivity index (χ3v) is 3.33. The van der Waals surface area contributed by atoms with E-state index in [0.29, 0.717) is 12.6 Å². The fraction of sp³-hybridized carbons (Fsp3) is 0.714. The maximum Gasteiger partial charge on any atom is 0.137 e. The molecule has 0 amide bonds. The number of hydrogen-bond acceptors (Lipinski definition) is 5. The van der Waals surface area contributed by atoms with Gasteiger partial charge in [0.05, 0.1) is 6.61 Å². The van der Waals surface area contributed by atoms with Gasteiger partial charge < -0.3 is 15.0 Å². The molecule has 1 aromatic rings. The van der Waals surface area contributed by atoms with Crippen LogP contribution in [-0.4, -0.2) is 42.8 Å². The molecule has 0 saturated heterocycles. The minimum atomic E-state index is 0.429. The van der Waals surface area contributed by atoms with Crippen LogP contribution >= 0.6 is 0 Å². The quantitative estimate of drug-likeness (QED) is 0.783. The van der Waals surface area contributed by atoms with Crippen LogP contribution in [0.2, 0.25) is 0 Å². The van der Waals surface area contributed by atoms with Gasteiger partial charge in [-0.25, -0.2) is 9.97 Å². The Bertz CT molecular complexity index is 384. The Morgan fingerprint density at radius 3 is 2.68 bits per heavy atom. The van der Waals surface area contributed by atoms with Gasteiger partial charge >= 0.3 is 0 Å². The summed E-state index contributed by atoms with van der Waals surface area (Å²) in [6.45, 7) is 10.9. The van der Waals surface area contributed by atoms with E-state index in [-0.39, 0.29) is 0 Å². The highest BCUT2D eigenvalue weighted by atomic mass is 16.5. The first-order chi connectivity index (χ1) is 9.15. The molecule has 1 heterocycles. The van der Waals surface area contributed by atoms with Crippen molar-refractivity contribution >= 4 is 11.6 Å². The minimum Gasteiger partial charge on any atom is -0.383 e. The number of methoxy groups -OCH3 is 1. The molecule has 0 fully saturated rings. The van der Waals surface area contributed by atoms with E-state index in [4.69, 9.17) is 4.74 Å². The molecule has 1 aromatic heterocycles. The molecule has 0 aromatic carbocycles. The molecule has 0 aliphatic rings. The van der Waals surface area contributed by atoms with Crippen molar-refractivity contribution in [3.63, 3.8) is 0 Å².